The molecule has 0 N–H and O–H groups in total. The summed E-state index contributed by atoms with van der Waals surface area (Å²) in [5.41, 5.74) is 4.67. The van der Waals surface area contributed by atoms with E-state index >= 15 is 0 Å². The number of rotatable bonds is 4. The highest BCUT2D eigenvalue weighted by atomic mass is 16.6. The molecular weight excluding hydrogens is 222 g/mol. The molecule has 0 bridgehead atoms. The topological polar surface area (TPSA) is 21.6 Å². The molecule has 0 unspecified atom stereocenters. The van der Waals surface area contributed by atoms with Gasteiger partial charge >= 0.3 is 0 Å². The summed E-state index contributed by atoms with van der Waals surface area (Å²) in [6.07, 6.45) is 1.73. The van der Waals surface area contributed by atoms with Crippen molar-refractivity contribution in [2.75, 3.05) is 0 Å². The molecule has 2 heteroatoms. The van der Waals surface area contributed by atoms with E-state index in [9.17, 15) is 0 Å². The summed E-state index contributed by atoms with van der Waals surface area (Å²) in [6, 6.07) is 16.4. The SMILES string of the molecule is Cc1ccc(C=NOCc2ccc(C)cc2)cc1. The minimum absolute atomic E-state index is 0.503. The van der Waals surface area contributed by atoms with E-state index in [-0.39, 0.29) is 0 Å². The molecule has 0 radical (unpaired) electrons. The summed E-state index contributed by atoms with van der Waals surface area (Å²) < 4.78 is 0. The first kappa shape index (κ1) is 12.4. The van der Waals surface area contributed by atoms with E-state index in [0.29, 0.717) is 6.61 Å². The van der Waals surface area contributed by atoms with E-state index in [2.05, 4.69) is 55.4 Å². The zero-order valence-electron chi connectivity index (χ0n) is 10.8. The number of hydrogen-bond donors (Lipinski definition) is 0. The fourth-order valence-corrected chi connectivity index (χ4v) is 1.55. The van der Waals surface area contributed by atoms with Gasteiger partial charge in [0.1, 0.15) is 6.61 Å². The van der Waals surface area contributed by atoms with Crippen LogP contribution in [-0.4, -0.2) is 6.21 Å². The average Bonchev–Trinajstić information content (AvgIpc) is 2.39. The molecule has 92 valence electrons. The predicted molar refractivity (Wildman–Crippen MR) is 74.7 cm³/mol. The molecule has 0 saturated carbocycles. The third-order valence-electron chi connectivity index (χ3n) is 2.71. The lowest BCUT2D eigenvalue weighted by Gasteiger charge is -2.00. The van der Waals surface area contributed by atoms with E-state index in [1.807, 2.05) is 12.1 Å². The van der Waals surface area contributed by atoms with Gasteiger partial charge in [-0.1, -0.05) is 64.8 Å². The van der Waals surface area contributed by atoms with E-state index in [4.69, 9.17) is 4.84 Å². The van der Waals surface area contributed by atoms with Crippen LogP contribution in [0.4, 0.5) is 0 Å². The van der Waals surface area contributed by atoms with Gasteiger partial charge in [0.15, 0.2) is 0 Å². The second-order valence-electron chi connectivity index (χ2n) is 4.40. The Bertz CT molecular complexity index is 512. The summed E-state index contributed by atoms with van der Waals surface area (Å²) in [6.45, 7) is 4.64. The molecule has 0 fully saturated rings. The van der Waals surface area contributed by atoms with Crippen LogP contribution in [0.2, 0.25) is 0 Å². The van der Waals surface area contributed by atoms with Gasteiger partial charge in [-0.05, 0) is 25.0 Å². The van der Waals surface area contributed by atoms with Crippen molar-refractivity contribution in [3.63, 3.8) is 0 Å². The first-order valence-corrected chi connectivity index (χ1v) is 6.01. The van der Waals surface area contributed by atoms with Crippen molar-refractivity contribution in [2.24, 2.45) is 5.16 Å². The number of nitrogens with zero attached hydrogens (tertiary/aromatic N) is 1. The number of aryl methyl sites for hydroxylation is 2. The molecular formula is C16H17NO. The predicted octanol–water partition coefficient (Wildman–Crippen LogP) is 3.85. The smallest absolute Gasteiger partial charge is 0.142 e. The van der Waals surface area contributed by atoms with Crippen molar-refractivity contribution in [1.29, 1.82) is 0 Å². The van der Waals surface area contributed by atoms with Gasteiger partial charge in [-0.15, -0.1) is 0 Å². The minimum atomic E-state index is 0.503. The fourth-order valence-electron chi connectivity index (χ4n) is 1.55. The molecule has 0 heterocycles. The van der Waals surface area contributed by atoms with Crippen molar-refractivity contribution >= 4 is 6.21 Å². The van der Waals surface area contributed by atoms with Gasteiger partial charge in [0.25, 0.3) is 0 Å². The monoisotopic (exact) mass is 239 g/mol. The molecule has 18 heavy (non-hydrogen) atoms. The van der Waals surface area contributed by atoms with Crippen LogP contribution in [0.5, 0.6) is 0 Å². The van der Waals surface area contributed by atoms with Crippen LogP contribution in [0.1, 0.15) is 22.3 Å². The van der Waals surface area contributed by atoms with Crippen molar-refractivity contribution in [3.8, 4) is 0 Å². The van der Waals surface area contributed by atoms with Crippen LogP contribution in [-0.2, 0) is 11.4 Å². The van der Waals surface area contributed by atoms with E-state index < -0.39 is 0 Å². The Morgan fingerprint density at radius 3 is 2.06 bits per heavy atom. The minimum Gasteiger partial charge on any atom is -0.391 e. The molecule has 0 aliphatic carbocycles. The second-order valence-corrected chi connectivity index (χ2v) is 4.40. The Morgan fingerprint density at radius 1 is 0.889 bits per heavy atom. The Kier molecular flexibility index (Phi) is 4.13. The Morgan fingerprint density at radius 2 is 1.44 bits per heavy atom. The Balaban J connectivity index is 1.84. The van der Waals surface area contributed by atoms with Crippen LogP contribution in [0, 0.1) is 13.8 Å². The molecule has 0 amide bonds. The standard InChI is InChI=1S/C16H17NO/c1-13-3-7-15(8-4-13)11-17-18-12-16-9-5-14(2)6-10-16/h3-11H,12H2,1-2H3. The van der Waals surface area contributed by atoms with Gasteiger partial charge in [0.2, 0.25) is 0 Å². The molecule has 0 aliphatic heterocycles. The number of benzene rings is 2. The lowest BCUT2D eigenvalue weighted by atomic mass is 10.2. The van der Waals surface area contributed by atoms with Gasteiger partial charge in [0, 0.05) is 0 Å². The molecule has 2 aromatic rings. The van der Waals surface area contributed by atoms with Crippen LogP contribution >= 0.6 is 0 Å². The third kappa shape index (κ3) is 3.74. The molecule has 0 spiro atoms. The van der Waals surface area contributed by atoms with Gasteiger partial charge in [-0.25, -0.2) is 0 Å². The highest BCUT2D eigenvalue weighted by Gasteiger charge is 1.92. The van der Waals surface area contributed by atoms with Crippen LogP contribution in [0.15, 0.2) is 53.7 Å². The lowest BCUT2D eigenvalue weighted by molar-refractivity contribution is 0.132. The highest BCUT2D eigenvalue weighted by molar-refractivity contribution is 5.79. The van der Waals surface area contributed by atoms with Crippen molar-refractivity contribution in [3.05, 3.63) is 70.8 Å². The van der Waals surface area contributed by atoms with Gasteiger partial charge < -0.3 is 4.84 Å². The van der Waals surface area contributed by atoms with E-state index in [1.54, 1.807) is 6.21 Å². The molecule has 2 nitrogen and oxygen atoms in total. The van der Waals surface area contributed by atoms with Gasteiger partial charge in [-0.2, -0.15) is 0 Å². The fraction of sp³-hybridized carbons (Fsp3) is 0.188. The first-order chi connectivity index (χ1) is 8.74. The van der Waals surface area contributed by atoms with E-state index in [0.717, 1.165) is 11.1 Å². The summed E-state index contributed by atoms with van der Waals surface area (Å²) in [5, 5.41) is 3.96. The maximum absolute atomic E-state index is 5.26. The van der Waals surface area contributed by atoms with Crippen molar-refractivity contribution < 1.29 is 4.84 Å². The molecule has 0 saturated heterocycles. The molecule has 2 rings (SSSR count). The van der Waals surface area contributed by atoms with Gasteiger partial charge in [0.05, 0.1) is 6.21 Å². The van der Waals surface area contributed by atoms with Crippen LogP contribution < -0.4 is 0 Å². The zero-order valence-corrected chi connectivity index (χ0v) is 10.8. The Hall–Kier alpha value is -2.09. The van der Waals surface area contributed by atoms with Crippen molar-refractivity contribution in [1.82, 2.24) is 0 Å². The molecule has 0 atom stereocenters. The maximum Gasteiger partial charge on any atom is 0.142 e. The largest absolute Gasteiger partial charge is 0.391 e. The average molecular weight is 239 g/mol. The quantitative estimate of drug-likeness (QED) is 0.586. The van der Waals surface area contributed by atoms with E-state index in [1.165, 1.54) is 11.1 Å². The zero-order chi connectivity index (χ0) is 12.8. The summed E-state index contributed by atoms with van der Waals surface area (Å²) in [5.74, 6) is 0. The second kappa shape index (κ2) is 6.01. The lowest BCUT2D eigenvalue weighted by Crippen LogP contribution is -1.88. The highest BCUT2D eigenvalue weighted by Crippen LogP contribution is 2.05. The summed E-state index contributed by atoms with van der Waals surface area (Å²) in [7, 11) is 0. The third-order valence-corrected chi connectivity index (χ3v) is 2.71. The van der Waals surface area contributed by atoms with Crippen LogP contribution in [0.3, 0.4) is 0 Å². The number of hydrogen-bond acceptors (Lipinski definition) is 2. The first-order valence-electron chi connectivity index (χ1n) is 6.01. The van der Waals surface area contributed by atoms with Crippen molar-refractivity contribution in [2.45, 2.75) is 20.5 Å². The maximum atomic E-state index is 5.26. The normalized spacial score (nSPS) is 10.8. The molecule has 0 aliphatic rings. The van der Waals surface area contributed by atoms with Crippen LogP contribution in [0.25, 0.3) is 0 Å². The molecule has 2 aromatic carbocycles. The number of oxime groups is 1. The van der Waals surface area contributed by atoms with Gasteiger partial charge in [-0.3, -0.25) is 0 Å². The summed E-state index contributed by atoms with van der Waals surface area (Å²) >= 11 is 0. The molecule has 0 aromatic heterocycles. The Labute approximate surface area is 108 Å². The summed E-state index contributed by atoms with van der Waals surface area (Å²) in [4.78, 5) is 5.26.